The Morgan fingerprint density at radius 2 is 1.18 bits per heavy atom. The van der Waals surface area contributed by atoms with Crippen molar-refractivity contribution < 1.29 is 9.47 Å². The molecule has 0 saturated carbocycles. The predicted octanol–water partition coefficient (Wildman–Crippen LogP) is 6.66. The van der Waals surface area contributed by atoms with Crippen LogP contribution in [-0.4, -0.2) is 11.3 Å². The number of para-hydroxylation sites is 2. The van der Waals surface area contributed by atoms with Gasteiger partial charge in [-0.2, -0.15) is 0 Å². The van der Waals surface area contributed by atoms with Crippen LogP contribution in [0.2, 0.25) is 0 Å². The third-order valence-corrected chi connectivity index (χ3v) is 8.10. The van der Waals surface area contributed by atoms with Gasteiger partial charge >= 0.3 is 0 Å². The lowest BCUT2D eigenvalue weighted by Gasteiger charge is -2.33. The molecule has 0 saturated heterocycles. The van der Waals surface area contributed by atoms with E-state index in [-0.39, 0.29) is 6.71 Å². The zero-order valence-electron chi connectivity index (χ0n) is 20.4. The van der Waals surface area contributed by atoms with Gasteiger partial charge < -0.3 is 14.0 Å². The van der Waals surface area contributed by atoms with Gasteiger partial charge in [0.1, 0.15) is 23.0 Å². The summed E-state index contributed by atoms with van der Waals surface area (Å²) in [7, 11) is 0. The van der Waals surface area contributed by atoms with Crippen LogP contribution in [0.4, 0.5) is 0 Å². The van der Waals surface area contributed by atoms with Crippen molar-refractivity contribution >= 4 is 55.7 Å². The van der Waals surface area contributed by atoms with Gasteiger partial charge in [0.15, 0.2) is 0 Å². The molecule has 7 aromatic rings. The second-order valence-corrected chi connectivity index (χ2v) is 10.1. The minimum atomic E-state index is 0.0167. The van der Waals surface area contributed by atoms with Crippen LogP contribution in [0.3, 0.4) is 0 Å². The fraction of sp³-hybridized carbons (Fsp3) is 0. The molecule has 6 aromatic carbocycles. The molecule has 0 aliphatic carbocycles. The van der Waals surface area contributed by atoms with Gasteiger partial charge in [-0.3, -0.25) is 0 Å². The van der Waals surface area contributed by atoms with E-state index in [1.165, 1.54) is 38.0 Å². The molecule has 4 heteroatoms. The summed E-state index contributed by atoms with van der Waals surface area (Å²) in [6, 6.07) is 42.8. The number of fused-ring (bicyclic) bond motifs is 9. The molecule has 176 valence electrons. The molecule has 0 amide bonds. The van der Waals surface area contributed by atoms with Crippen molar-refractivity contribution in [3.05, 3.63) is 121 Å². The number of aromatic nitrogens is 1. The van der Waals surface area contributed by atoms with E-state index in [0.29, 0.717) is 0 Å². The molecular weight excluding hydrogens is 465 g/mol. The van der Waals surface area contributed by atoms with Crippen LogP contribution in [0.25, 0.3) is 38.3 Å². The SMILES string of the molecule is c1ccc(-n2c3ccccc3c3cc4c(cc32)Oc2cccc3c2B4c2c(ccc4ccccc24)O3)cc1. The van der Waals surface area contributed by atoms with E-state index in [4.69, 9.17) is 9.47 Å². The predicted molar refractivity (Wildman–Crippen MR) is 156 cm³/mol. The minimum Gasteiger partial charge on any atom is -0.458 e. The fourth-order valence-electron chi connectivity index (χ4n) is 6.52. The summed E-state index contributed by atoms with van der Waals surface area (Å²) in [5.74, 6) is 3.54. The normalized spacial score (nSPS) is 13.1. The smallest absolute Gasteiger partial charge is 0.261 e. The first kappa shape index (κ1) is 20.1. The fourth-order valence-corrected chi connectivity index (χ4v) is 6.52. The van der Waals surface area contributed by atoms with Crippen molar-refractivity contribution in [3.63, 3.8) is 0 Å². The van der Waals surface area contributed by atoms with Crippen molar-refractivity contribution in [1.82, 2.24) is 4.57 Å². The Balaban J connectivity index is 1.41. The van der Waals surface area contributed by atoms with Crippen molar-refractivity contribution in [3.8, 4) is 28.7 Å². The topological polar surface area (TPSA) is 23.4 Å². The quantitative estimate of drug-likeness (QED) is 0.243. The molecule has 0 radical (unpaired) electrons. The Kier molecular flexibility index (Phi) is 3.87. The number of ether oxygens (including phenoxy) is 2. The van der Waals surface area contributed by atoms with E-state index in [0.717, 1.165) is 39.7 Å². The van der Waals surface area contributed by atoms with E-state index >= 15 is 0 Å². The summed E-state index contributed by atoms with van der Waals surface area (Å²) in [5.41, 5.74) is 6.95. The Morgan fingerprint density at radius 3 is 2.05 bits per heavy atom. The van der Waals surface area contributed by atoms with Gasteiger partial charge in [0.25, 0.3) is 6.71 Å². The molecule has 9 rings (SSSR count). The molecule has 3 heterocycles. The number of nitrogens with zero attached hydrogens (tertiary/aromatic N) is 1. The molecule has 2 aliphatic heterocycles. The molecule has 0 spiro atoms. The second-order valence-electron chi connectivity index (χ2n) is 10.1. The molecule has 38 heavy (non-hydrogen) atoms. The van der Waals surface area contributed by atoms with Crippen LogP contribution < -0.4 is 25.9 Å². The molecular formula is C34H20BNO2. The van der Waals surface area contributed by atoms with Crippen molar-refractivity contribution in [2.75, 3.05) is 0 Å². The first-order chi connectivity index (χ1) is 18.8. The molecule has 0 unspecified atom stereocenters. The number of rotatable bonds is 1. The van der Waals surface area contributed by atoms with Gasteiger partial charge in [0.2, 0.25) is 0 Å². The van der Waals surface area contributed by atoms with E-state index in [9.17, 15) is 0 Å². The van der Waals surface area contributed by atoms with E-state index in [2.05, 4.69) is 120 Å². The van der Waals surface area contributed by atoms with Crippen LogP contribution in [0.5, 0.6) is 23.0 Å². The maximum Gasteiger partial charge on any atom is 0.261 e. The lowest BCUT2D eigenvalue weighted by atomic mass is 9.34. The molecule has 0 atom stereocenters. The van der Waals surface area contributed by atoms with Crippen LogP contribution >= 0.6 is 0 Å². The van der Waals surface area contributed by atoms with Crippen molar-refractivity contribution in [2.24, 2.45) is 0 Å². The second kappa shape index (κ2) is 7.30. The van der Waals surface area contributed by atoms with E-state index in [1.54, 1.807) is 0 Å². The molecule has 0 bridgehead atoms. The van der Waals surface area contributed by atoms with Crippen molar-refractivity contribution in [2.45, 2.75) is 0 Å². The van der Waals surface area contributed by atoms with Crippen LogP contribution in [0.15, 0.2) is 121 Å². The van der Waals surface area contributed by atoms with E-state index < -0.39 is 0 Å². The average Bonchev–Trinajstić information content (AvgIpc) is 3.29. The number of hydrogen-bond donors (Lipinski definition) is 0. The standard InChI is InChI=1S/C34H20BNO2/c1-2-10-22(11-3-1)36-27-14-7-6-13-24(27)25-19-26-32(20-28(25)36)38-30-16-8-15-29-34(30)35(26)33-23-12-5-4-9-21(23)17-18-31(33)37-29/h1-20H. The van der Waals surface area contributed by atoms with Gasteiger partial charge in [-0.1, -0.05) is 78.9 Å². The van der Waals surface area contributed by atoms with Crippen LogP contribution in [0, 0.1) is 0 Å². The zero-order valence-corrected chi connectivity index (χ0v) is 20.4. The Morgan fingerprint density at radius 1 is 0.474 bits per heavy atom. The van der Waals surface area contributed by atoms with Gasteiger partial charge in [0, 0.05) is 28.0 Å². The third-order valence-electron chi connectivity index (χ3n) is 8.10. The molecule has 0 N–H and O–H groups in total. The monoisotopic (exact) mass is 485 g/mol. The van der Waals surface area contributed by atoms with Crippen LogP contribution in [-0.2, 0) is 0 Å². The maximum atomic E-state index is 6.65. The minimum absolute atomic E-state index is 0.0167. The Bertz CT molecular complexity index is 2090. The van der Waals surface area contributed by atoms with Gasteiger partial charge in [0.05, 0.1) is 11.0 Å². The third kappa shape index (κ3) is 2.59. The lowest BCUT2D eigenvalue weighted by molar-refractivity contribution is 0.465. The maximum absolute atomic E-state index is 6.65. The molecule has 1 aromatic heterocycles. The molecule has 0 fully saturated rings. The van der Waals surface area contributed by atoms with Gasteiger partial charge in [-0.15, -0.1) is 0 Å². The highest BCUT2D eigenvalue weighted by atomic mass is 16.5. The zero-order chi connectivity index (χ0) is 24.8. The first-order valence-electron chi connectivity index (χ1n) is 13.0. The Hall–Kier alpha value is -4.96. The van der Waals surface area contributed by atoms with Crippen LogP contribution in [0.1, 0.15) is 0 Å². The summed E-state index contributed by atoms with van der Waals surface area (Å²) < 4.78 is 15.5. The summed E-state index contributed by atoms with van der Waals surface area (Å²) in [6.45, 7) is 0.0167. The summed E-state index contributed by atoms with van der Waals surface area (Å²) in [5, 5.41) is 4.89. The largest absolute Gasteiger partial charge is 0.458 e. The van der Waals surface area contributed by atoms with Crippen molar-refractivity contribution in [1.29, 1.82) is 0 Å². The molecule has 3 nitrogen and oxygen atoms in total. The van der Waals surface area contributed by atoms with Gasteiger partial charge in [-0.05, 0) is 58.1 Å². The summed E-state index contributed by atoms with van der Waals surface area (Å²) >= 11 is 0. The van der Waals surface area contributed by atoms with Gasteiger partial charge in [-0.25, -0.2) is 0 Å². The Labute approximate surface area is 219 Å². The molecule has 2 aliphatic rings. The highest BCUT2D eigenvalue weighted by molar-refractivity contribution is 6.99. The summed E-state index contributed by atoms with van der Waals surface area (Å²) in [4.78, 5) is 0. The first-order valence-corrected chi connectivity index (χ1v) is 13.0. The average molecular weight is 485 g/mol. The highest BCUT2D eigenvalue weighted by Gasteiger charge is 2.41. The lowest BCUT2D eigenvalue weighted by Crippen LogP contribution is -2.57. The highest BCUT2D eigenvalue weighted by Crippen LogP contribution is 2.39. The number of benzene rings is 6. The summed E-state index contributed by atoms with van der Waals surface area (Å²) in [6.07, 6.45) is 0. The number of hydrogen-bond acceptors (Lipinski definition) is 2. The van der Waals surface area contributed by atoms with E-state index in [1.807, 2.05) is 6.07 Å².